The predicted octanol–water partition coefficient (Wildman–Crippen LogP) is 4.91. The van der Waals surface area contributed by atoms with E-state index in [-0.39, 0.29) is 0 Å². The number of halogens is 2. The van der Waals surface area contributed by atoms with E-state index in [2.05, 4.69) is 15.9 Å². The molecule has 0 aliphatic carbocycles. The molecule has 0 fully saturated rings. The molecule has 5 heteroatoms. The normalized spacial score (nSPS) is 13.1. The maximum atomic E-state index is 6.17. The van der Waals surface area contributed by atoms with Crippen molar-refractivity contribution in [3.8, 4) is 5.75 Å². The lowest BCUT2D eigenvalue weighted by molar-refractivity contribution is 0.354. The van der Waals surface area contributed by atoms with Gasteiger partial charge in [0.05, 0.1) is 6.61 Å². The molecule has 2 N–H and O–H groups in total. The molecule has 2 aromatic carbocycles. The molecule has 1 aliphatic heterocycles. The monoisotopic (exact) mass is 369 g/mol. The number of hydrogen-bond acceptors (Lipinski definition) is 3. The van der Waals surface area contributed by atoms with Gasteiger partial charge in [-0.3, -0.25) is 0 Å². The summed E-state index contributed by atoms with van der Waals surface area (Å²) in [7, 11) is 0. The summed E-state index contributed by atoms with van der Waals surface area (Å²) in [6.07, 6.45) is 0.944. The molecule has 0 bridgehead atoms. The second-order valence-corrected chi connectivity index (χ2v) is 6.94. The van der Waals surface area contributed by atoms with E-state index >= 15 is 0 Å². The molecule has 2 nitrogen and oxygen atoms in total. The van der Waals surface area contributed by atoms with Gasteiger partial charge in [-0.25, -0.2) is 0 Å². The zero-order valence-electron chi connectivity index (χ0n) is 10.7. The Labute approximate surface area is 135 Å². The minimum atomic E-state index is 0.749. The molecular formula is C15H13BrClNOS. The van der Waals surface area contributed by atoms with Crippen LogP contribution in [0.1, 0.15) is 11.1 Å². The fourth-order valence-corrected chi connectivity index (χ4v) is 4.13. The van der Waals surface area contributed by atoms with Crippen molar-refractivity contribution in [2.45, 2.75) is 17.1 Å². The molecule has 0 unspecified atom stereocenters. The van der Waals surface area contributed by atoms with Gasteiger partial charge in [-0.15, -0.1) is 11.8 Å². The van der Waals surface area contributed by atoms with Gasteiger partial charge >= 0.3 is 0 Å². The van der Waals surface area contributed by atoms with Gasteiger partial charge in [0, 0.05) is 37.8 Å². The van der Waals surface area contributed by atoms with Crippen LogP contribution in [-0.4, -0.2) is 6.61 Å². The third kappa shape index (κ3) is 2.92. The van der Waals surface area contributed by atoms with Crippen LogP contribution in [0.3, 0.4) is 0 Å². The first-order valence-corrected chi connectivity index (χ1v) is 8.41. The Hall–Kier alpha value is -0.840. The second kappa shape index (κ2) is 5.88. The van der Waals surface area contributed by atoms with E-state index in [0.29, 0.717) is 0 Å². The minimum absolute atomic E-state index is 0.749. The zero-order chi connectivity index (χ0) is 14.1. The average Bonchev–Trinajstić information content (AvgIpc) is 2.85. The quantitative estimate of drug-likeness (QED) is 0.616. The molecule has 0 radical (unpaired) electrons. The highest BCUT2D eigenvalue weighted by Crippen LogP contribution is 2.38. The highest BCUT2D eigenvalue weighted by atomic mass is 79.9. The van der Waals surface area contributed by atoms with Crippen molar-refractivity contribution < 1.29 is 4.74 Å². The summed E-state index contributed by atoms with van der Waals surface area (Å²) in [5.41, 5.74) is 8.87. The van der Waals surface area contributed by atoms with Gasteiger partial charge in [-0.1, -0.05) is 11.6 Å². The molecule has 0 aromatic heterocycles. The van der Waals surface area contributed by atoms with E-state index in [1.54, 1.807) is 11.8 Å². The first kappa shape index (κ1) is 14.1. The lowest BCUT2D eigenvalue weighted by Gasteiger charge is -2.10. The Morgan fingerprint density at radius 1 is 1.30 bits per heavy atom. The van der Waals surface area contributed by atoms with E-state index in [4.69, 9.17) is 22.1 Å². The van der Waals surface area contributed by atoms with E-state index in [1.807, 2.05) is 30.3 Å². The van der Waals surface area contributed by atoms with Gasteiger partial charge in [0.25, 0.3) is 0 Å². The average molecular weight is 371 g/mol. The number of nitrogen functional groups attached to an aromatic ring is 1. The van der Waals surface area contributed by atoms with Crippen molar-refractivity contribution in [3.05, 3.63) is 51.0 Å². The first-order chi connectivity index (χ1) is 9.63. The lowest BCUT2D eigenvalue weighted by atomic mass is 10.1. The van der Waals surface area contributed by atoms with Gasteiger partial charge in [-0.05, 0) is 51.8 Å². The Morgan fingerprint density at radius 2 is 2.15 bits per heavy atom. The van der Waals surface area contributed by atoms with Gasteiger partial charge in [0.1, 0.15) is 5.75 Å². The number of fused-ring (bicyclic) bond motifs is 1. The number of hydrogen-bond donors (Lipinski definition) is 1. The number of benzene rings is 2. The van der Waals surface area contributed by atoms with Crippen LogP contribution in [0, 0.1) is 0 Å². The molecule has 2 aromatic rings. The third-order valence-electron chi connectivity index (χ3n) is 3.16. The Bertz CT molecular complexity index is 663. The van der Waals surface area contributed by atoms with Crippen LogP contribution in [0.2, 0.25) is 5.02 Å². The Morgan fingerprint density at radius 3 is 2.95 bits per heavy atom. The number of thioether (sulfide) groups is 1. The van der Waals surface area contributed by atoms with Crippen molar-refractivity contribution in [1.29, 1.82) is 0 Å². The maximum Gasteiger partial charge on any atom is 0.126 e. The van der Waals surface area contributed by atoms with Crippen LogP contribution in [-0.2, 0) is 12.2 Å². The smallest absolute Gasteiger partial charge is 0.126 e. The van der Waals surface area contributed by atoms with Crippen molar-refractivity contribution in [3.63, 3.8) is 0 Å². The van der Waals surface area contributed by atoms with Crippen molar-refractivity contribution in [2.75, 3.05) is 12.3 Å². The van der Waals surface area contributed by atoms with E-state index in [9.17, 15) is 0 Å². The van der Waals surface area contributed by atoms with E-state index in [1.165, 1.54) is 5.56 Å². The number of nitrogens with two attached hydrogens (primary N) is 1. The maximum absolute atomic E-state index is 6.17. The molecule has 3 rings (SSSR count). The summed E-state index contributed by atoms with van der Waals surface area (Å²) in [5, 5.41) is 0.779. The number of anilines is 1. The van der Waals surface area contributed by atoms with Crippen LogP contribution in [0.25, 0.3) is 0 Å². The topological polar surface area (TPSA) is 35.2 Å². The zero-order valence-corrected chi connectivity index (χ0v) is 13.8. The summed E-state index contributed by atoms with van der Waals surface area (Å²) < 4.78 is 6.73. The third-order valence-corrected chi connectivity index (χ3v) is 5.42. The highest BCUT2D eigenvalue weighted by Gasteiger charge is 2.17. The fraction of sp³-hybridized carbons (Fsp3) is 0.200. The van der Waals surface area contributed by atoms with Crippen LogP contribution < -0.4 is 10.5 Å². The van der Waals surface area contributed by atoms with E-state index < -0.39 is 0 Å². The molecule has 0 saturated carbocycles. The van der Waals surface area contributed by atoms with Crippen molar-refractivity contribution in [1.82, 2.24) is 0 Å². The van der Waals surface area contributed by atoms with Gasteiger partial charge < -0.3 is 10.5 Å². The molecule has 104 valence electrons. The standard InChI is InChI=1S/C15H13BrClNOS/c16-13-7-12(18)1-2-14(13)20-8-10-6-11(17)5-9-3-4-19-15(9)10/h1-2,5-7H,3-4,8,18H2. The van der Waals surface area contributed by atoms with Crippen LogP contribution in [0.15, 0.2) is 39.7 Å². The van der Waals surface area contributed by atoms with Gasteiger partial charge in [0.2, 0.25) is 0 Å². The largest absolute Gasteiger partial charge is 0.493 e. The summed E-state index contributed by atoms with van der Waals surface area (Å²) in [5.74, 6) is 1.83. The van der Waals surface area contributed by atoms with Crippen molar-refractivity contribution in [2.24, 2.45) is 0 Å². The minimum Gasteiger partial charge on any atom is -0.493 e. The molecule has 0 saturated heterocycles. The fourth-order valence-electron chi connectivity index (χ4n) is 2.24. The second-order valence-electron chi connectivity index (χ2n) is 4.63. The summed E-state index contributed by atoms with van der Waals surface area (Å²) in [6.45, 7) is 0.749. The van der Waals surface area contributed by atoms with Crippen LogP contribution in [0.5, 0.6) is 5.75 Å². The van der Waals surface area contributed by atoms with Crippen LogP contribution >= 0.6 is 39.3 Å². The first-order valence-electron chi connectivity index (χ1n) is 6.25. The molecule has 1 heterocycles. The van der Waals surface area contributed by atoms with Gasteiger partial charge in [0.15, 0.2) is 0 Å². The Kier molecular flexibility index (Phi) is 4.15. The molecule has 0 amide bonds. The van der Waals surface area contributed by atoms with E-state index in [0.717, 1.165) is 50.2 Å². The van der Waals surface area contributed by atoms with Crippen molar-refractivity contribution >= 4 is 45.0 Å². The molecular weight excluding hydrogens is 358 g/mol. The SMILES string of the molecule is Nc1ccc(SCc2cc(Cl)cc3c2OCC3)c(Br)c1. The number of rotatable bonds is 3. The summed E-state index contributed by atoms with van der Waals surface area (Å²) in [6, 6.07) is 9.84. The molecule has 0 atom stereocenters. The summed E-state index contributed by atoms with van der Waals surface area (Å²) >= 11 is 11.5. The highest BCUT2D eigenvalue weighted by molar-refractivity contribution is 9.10. The predicted molar refractivity (Wildman–Crippen MR) is 88.8 cm³/mol. The Balaban J connectivity index is 1.82. The molecule has 0 spiro atoms. The number of ether oxygens (including phenoxy) is 1. The van der Waals surface area contributed by atoms with Gasteiger partial charge in [-0.2, -0.15) is 0 Å². The molecule has 1 aliphatic rings. The molecule has 20 heavy (non-hydrogen) atoms. The lowest BCUT2D eigenvalue weighted by Crippen LogP contribution is -1.91. The summed E-state index contributed by atoms with van der Waals surface area (Å²) in [4.78, 5) is 1.16. The van der Waals surface area contributed by atoms with Crippen LogP contribution in [0.4, 0.5) is 5.69 Å².